The second-order valence-corrected chi connectivity index (χ2v) is 3.09. The minimum Gasteiger partial charge on any atom is -0.478 e. The molecule has 14 heavy (non-hydrogen) atoms. The van der Waals surface area contributed by atoms with Crippen LogP contribution in [0.25, 0.3) is 5.65 Å². The molecule has 0 aliphatic rings. The average molecular weight is 191 g/mol. The Balaban J connectivity index is 2.87. The van der Waals surface area contributed by atoms with Gasteiger partial charge in [-0.3, -0.25) is 0 Å². The minimum absolute atomic E-state index is 0.177. The number of aromatic carboxylic acids is 1. The molecule has 2 rings (SSSR count). The van der Waals surface area contributed by atoms with Crippen LogP contribution in [0.3, 0.4) is 0 Å². The maximum absolute atomic E-state index is 10.9. The topological polar surface area (TPSA) is 67.5 Å². The largest absolute Gasteiger partial charge is 0.478 e. The van der Waals surface area contributed by atoms with Crippen LogP contribution in [0.1, 0.15) is 21.9 Å². The molecule has 0 radical (unpaired) electrons. The average Bonchev–Trinajstić information content (AvgIpc) is 2.47. The Morgan fingerprint density at radius 1 is 1.43 bits per heavy atom. The molecule has 5 nitrogen and oxygen atoms in total. The fraction of sp³-hybridized carbons (Fsp3) is 0.222. The van der Waals surface area contributed by atoms with Gasteiger partial charge in [0.15, 0.2) is 5.65 Å². The maximum atomic E-state index is 10.9. The summed E-state index contributed by atoms with van der Waals surface area (Å²) in [5, 5.41) is 13.0. The second kappa shape index (κ2) is 2.80. The molecule has 0 spiro atoms. The van der Waals surface area contributed by atoms with Gasteiger partial charge in [0, 0.05) is 5.69 Å². The van der Waals surface area contributed by atoms with E-state index in [1.54, 1.807) is 23.6 Å². The number of aryl methyl sites for hydroxylation is 2. The number of aromatic nitrogens is 3. The molecule has 2 aromatic heterocycles. The summed E-state index contributed by atoms with van der Waals surface area (Å²) in [5.41, 5.74) is 1.44. The zero-order valence-electron chi connectivity index (χ0n) is 7.85. The van der Waals surface area contributed by atoms with E-state index < -0.39 is 5.97 Å². The number of rotatable bonds is 1. The monoisotopic (exact) mass is 191 g/mol. The highest BCUT2D eigenvalue weighted by Gasteiger charge is 2.12. The van der Waals surface area contributed by atoms with Gasteiger partial charge in [-0.2, -0.15) is 5.10 Å². The molecule has 0 saturated heterocycles. The van der Waals surface area contributed by atoms with Gasteiger partial charge in [0.1, 0.15) is 11.4 Å². The molecule has 0 bridgehead atoms. The van der Waals surface area contributed by atoms with Crippen LogP contribution in [0.2, 0.25) is 0 Å². The molecule has 2 heterocycles. The van der Waals surface area contributed by atoms with Crippen LogP contribution in [0.5, 0.6) is 0 Å². The minimum atomic E-state index is -0.984. The molecule has 0 atom stereocenters. The first-order valence-corrected chi connectivity index (χ1v) is 4.16. The molecule has 0 aliphatic heterocycles. The normalized spacial score (nSPS) is 10.7. The van der Waals surface area contributed by atoms with E-state index in [0.29, 0.717) is 11.5 Å². The summed E-state index contributed by atoms with van der Waals surface area (Å²) in [7, 11) is 0. The summed E-state index contributed by atoms with van der Waals surface area (Å²) in [6.07, 6.45) is 0. The number of carboxylic acid groups (broad SMARTS) is 1. The van der Waals surface area contributed by atoms with E-state index in [4.69, 9.17) is 5.11 Å². The van der Waals surface area contributed by atoms with Crippen molar-refractivity contribution in [2.45, 2.75) is 13.8 Å². The van der Waals surface area contributed by atoms with Gasteiger partial charge in [0.25, 0.3) is 0 Å². The van der Waals surface area contributed by atoms with Crippen LogP contribution in [-0.4, -0.2) is 25.7 Å². The second-order valence-electron chi connectivity index (χ2n) is 3.09. The number of fused-ring (bicyclic) bond motifs is 1. The third kappa shape index (κ3) is 1.14. The quantitative estimate of drug-likeness (QED) is 0.731. The van der Waals surface area contributed by atoms with Crippen molar-refractivity contribution in [3.63, 3.8) is 0 Å². The SMILES string of the molecule is Cc1nc2c(C(=O)O)ccc(C)n2n1. The Bertz CT molecular complexity index is 516. The summed E-state index contributed by atoms with van der Waals surface area (Å²) < 4.78 is 1.54. The number of pyridine rings is 1. The molecule has 0 fully saturated rings. The molecule has 0 amide bonds. The van der Waals surface area contributed by atoms with Crippen molar-refractivity contribution in [3.8, 4) is 0 Å². The molecule has 0 unspecified atom stereocenters. The van der Waals surface area contributed by atoms with Gasteiger partial charge >= 0.3 is 5.97 Å². The summed E-state index contributed by atoms with van der Waals surface area (Å²) in [4.78, 5) is 14.9. The first-order valence-electron chi connectivity index (χ1n) is 4.16. The van der Waals surface area contributed by atoms with Crippen LogP contribution in [0, 0.1) is 13.8 Å². The number of hydrogen-bond donors (Lipinski definition) is 1. The van der Waals surface area contributed by atoms with Gasteiger partial charge in [-0.1, -0.05) is 0 Å². The summed E-state index contributed by atoms with van der Waals surface area (Å²) in [6, 6.07) is 3.26. The highest BCUT2D eigenvalue weighted by molar-refractivity contribution is 5.94. The van der Waals surface area contributed by atoms with Crippen LogP contribution in [0.15, 0.2) is 12.1 Å². The van der Waals surface area contributed by atoms with Gasteiger partial charge in [0.2, 0.25) is 0 Å². The van der Waals surface area contributed by atoms with Crippen LogP contribution in [-0.2, 0) is 0 Å². The van der Waals surface area contributed by atoms with Crippen molar-refractivity contribution in [2.24, 2.45) is 0 Å². The van der Waals surface area contributed by atoms with Crippen molar-refractivity contribution in [3.05, 3.63) is 29.2 Å². The van der Waals surface area contributed by atoms with Crippen molar-refractivity contribution in [2.75, 3.05) is 0 Å². The summed E-state index contributed by atoms with van der Waals surface area (Å²) in [5.74, 6) is -0.413. The predicted molar refractivity (Wildman–Crippen MR) is 49.4 cm³/mol. The lowest BCUT2D eigenvalue weighted by molar-refractivity contribution is 0.0698. The number of nitrogens with zero attached hydrogens (tertiary/aromatic N) is 3. The lowest BCUT2D eigenvalue weighted by atomic mass is 10.2. The van der Waals surface area contributed by atoms with E-state index >= 15 is 0 Å². The molecular formula is C9H9N3O2. The molecule has 0 saturated carbocycles. The number of hydrogen-bond acceptors (Lipinski definition) is 3. The third-order valence-electron chi connectivity index (χ3n) is 2.01. The van der Waals surface area contributed by atoms with Crippen molar-refractivity contribution in [1.82, 2.24) is 14.6 Å². The summed E-state index contributed by atoms with van der Waals surface area (Å²) in [6.45, 7) is 3.59. The van der Waals surface area contributed by atoms with Gasteiger partial charge in [-0.15, -0.1) is 0 Å². The van der Waals surface area contributed by atoms with E-state index in [2.05, 4.69) is 10.1 Å². The van der Waals surface area contributed by atoms with Gasteiger partial charge < -0.3 is 5.11 Å². The molecule has 5 heteroatoms. The van der Waals surface area contributed by atoms with E-state index in [1.165, 1.54) is 0 Å². The van der Waals surface area contributed by atoms with E-state index in [-0.39, 0.29) is 5.56 Å². The molecule has 0 aromatic carbocycles. The lowest BCUT2D eigenvalue weighted by Gasteiger charge is -1.99. The Kier molecular flexibility index (Phi) is 1.73. The molecule has 2 aromatic rings. The molecular weight excluding hydrogens is 182 g/mol. The molecule has 72 valence electrons. The smallest absolute Gasteiger partial charge is 0.339 e. The first-order chi connectivity index (χ1) is 6.59. The zero-order chi connectivity index (χ0) is 10.3. The maximum Gasteiger partial charge on any atom is 0.339 e. The number of carboxylic acids is 1. The van der Waals surface area contributed by atoms with Gasteiger partial charge in [-0.25, -0.2) is 14.3 Å². The fourth-order valence-corrected chi connectivity index (χ4v) is 1.35. The predicted octanol–water partition coefficient (Wildman–Crippen LogP) is 1.04. The highest BCUT2D eigenvalue weighted by Crippen LogP contribution is 2.11. The molecule has 1 N–H and O–H groups in total. The van der Waals surface area contributed by atoms with Crippen molar-refractivity contribution < 1.29 is 9.90 Å². The fourth-order valence-electron chi connectivity index (χ4n) is 1.35. The Morgan fingerprint density at radius 2 is 2.14 bits per heavy atom. The van der Waals surface area contributed by atoms with Gasteiger partial charge in [-0.05, 0) is 26.0 Å². The Labute approximate surface area is 80.0 Å². The summed E-state index contributed by atoms with van der Waals surface area (Å²) >= 11 is 0. The Hall–Kier alpha value is -1.91. The van der Waals surface area contributed by atoms with Crippen LogP contribution >= 0.6 is 0 Å². The van der Waals surface area contributed by atoms with Crippen LogP contribution in [0.4, 0.5) is 0 Å². The van der Waals surface area contributed by atoms with Crippen LogP contribution < -0.4 is 0 Å². The molecule has 0 aliphatic carbocycles. The zero-order valence-corrected chi connectivity index (χ0v) is 7.85. The number of carbonyl (C=O) groups is 1. The van der Waals surface area contributed by atoms with E-state index in [1.807, 2.05) is 6.92 Å². The van der Waals surface area contributed by atoms with E-state index in [0.717, 1.165) is 5.69 Å². The van der Waals surface area contributed by atoms with Crippen molar-refractivity contribution >= 4 is 11.6 Å². The van der Waals surface area contributed by atoms with Crippen molar-refractivity contribution in [1.29, 1.82) is 0 Å². The highest BCUT2D eigenvalue weighted by atomic mass is 16.4. The van der Waals surface area contributed by atoms with Gasteiger partial charge in [0.05, 0.1) is 0 Å². The standard InChI is InChI=1S/C9H9N3O2/c1-5-3-4-7(9(13)14)8-10-6(2)11-12(5)8/h3-4H,1-2H3,(H,13,14). The third-order valence-corrected chi connectivity index (χ3v) is 2.01. The van der Waals surface area contributed by atoms with E-state index in [9.17, 15) is 4.79 Å². The Morgan fingerprint density at radius 3 is 2.79 bits per heavy atom. The lowest BCUT2D eigenvalue weighted by Crippen LogP contribution is -2.03. The first kappa shape index (κ1) is 8.68.